The molecule has 1 amide bonds. The lowest BCUT2D eigenvalue weighted by molar-refractivity contribution is -0.116. The van der Waals surface area contributed by atoms with Crippen molar-refractivity contribution in [2.24, 2.45) is 0 Å². The van der Waals surface area contributed by atoms with Crippen LogP contribution in [0.4, 0.5) is 5.69 Å². The van der Waals surface area contributed by atoms with Crippen molar-refractivity contribution in [2.75, 3.05) is 11.9 Å². The number of carbonyl (C=O) groups excluding carboxylic acids is 1. The first-order chi connectivity index (χ1) is 13.0. The molecule has 1 aliphatic rings. The van der Waals surface area contributed by atoms with E-state index < -0.39 is 10.0 Å². The zero-order chi connectivity index (χ0) is 18.9. The first-order valence-corrected chi connectivity index (χ1v) is 10.5. The summed E-state index contributed by atoms with van der Waals surface area (Å²) in [5.41, 5.74) is 2.71. The summed E-state index contributed by atoms with van der Waals surface area (Å²) in [7, 11) is -3.56. The summed E-state index contributed by atoms with van der Waals surface area (Å²) in [5.74, 6) is -0.0335. The molecular formula is C20H21N3O3S. The van der Waals surface area contributed by atoms with Gasteiger partial charge < -0.3 is 9.88 Å². The predicted molar refractivity (Wildman–Crippen MR) is 105 cm³/mol. The van der Waals surface area contributed by atoms with Gasteiger partial charge in [-0.1, -0.05) is 18.2 Å². The lowest BCUT2D eigenvalue weighted by Gasteiger charge is -2.17. The maximum absolute atomic E-state index is 12.6. The van der Waals surface area contributed by atoms with Crippen LogP contribution in [0.5, 0.6) is 0 Å². The molecule has 0 saturated carbocycles. The summed E-state index contributed by atoms with van der Waals surface area (Å²) >= 11 is 0. The Bertz CT molecular complexity index is 1100. The zero-order valence-electron chi connectivity index (χ0n) is 14.8. The van der Waals surface area contributed by atoms with Crippen LogP contribution in [0.1, 0.15) is 18.4 Å². The Labute approximate surface area is 158 Å². The molecule has 2 N–H and O–H groups in total. The largest absolute Gasteiger partial charge is 0.347 e. The van der Waals surface area contributed by atoms with Gasteiger partial charge in [-0.05, 0) is 54.1 Å². The Morgan fingerprint density at radius 2 is 1.93 bits per heavy atom. The van der Waals surface area contributed by atoms with E-state index in [4.69, 9.17) is 0 Å². The average molecular weight is 383 g/mol. The highest BCUT2D eigenvalue weighted by atomic mass is 32.2. The number of aromatic nitrogens is 1. The van der Waals surface area contributed by atoms with Crippen LogP contribution in [0.3, 0.4) is 0 Å². The number of nitrogens with one attached hydrogen (secondary N) is 2. The minimum absolute atomic E-state index is 0.0335. The van der Waals surface area contributed by atoms with Crippen LogP contribution >= 0.6 is 0 Å². The molecule has 27 heavy (non-hydrogen) atoms. The molecule has 0 unspecified atom stereocenters. The molecule has 3 aromatic rings. The lowest BCUT2D eigenvalue weighted by atomic mass is 10.0. The number of aryl methyl sites for hydroxylation is 2. The standard InChI is InChI=1S/C20H21N3O3S/c24-20-9-6-16-14-17(7-8-18(16)22-20)27(25,26)21-11-3-12-23-13-10-15-4-1-2-5-19(15)23/h1-2,4-5,7-8,10,13-14,21H,3,6,9,11-12H2,(H,22,24). The van der Waals surface area contributed by atoms with Crippen LogP contribution in [0.2, 0.25) is 0 Å². The molecule has 0 saturated heterocycles. The molecule has 0 aliphatic carbocycles. The van der Waals surface area contributed by atoms with E-state index in [1.807, 2.05) is 18.3 Å². The number of para-hydroxylation sites is 1. The molecule has 1 aliphatic heterocycles. The number of rotatable bonds is 6. The number of sulfonamides is 1. The van der Waals surface area contributed by atoms with Crippen LogP contribution in [0.15, 0.2) is 59.6 Å². The number of nitrogens with zero attached hydrogens (tertiary/aromatic N) is 1. The number of hydrogen-bond acceptors (Lipinski definition) is 3. The molecule has 0 spiro atoms. The van der Waals surface area contributed by atoms with Crippen molar-refractivity contribution in [3.63, 3.8) is 0 Å². The van der Waals surface area contributed by atoms with E-state index in [9.17, 15) is 13.2 Å². The van der Waals surface area contributed by atoms with Crippen molar-refractivity contribution >= 4 is 32.5 Å². The second-order valence-corrected chi connectivity index (χ2v) is 8.45. The average Bonchev–Trinajstić information content (AvgIpc) is 3.08. The minimum Gasteiger partial charge on any atom is -0.347 e. The van der Waals surface area contributed by atoms with E-state index in [-0.39, 0.29) is 10.8 Å². The van der Waals surface area contributed by atoms with Gasteiger partial charge in [-0.2, -0.15) is 0 Å². The first kappa shape index (κ1) is 17.8. The maximum atomic E-state index is 12.6. The van der Waals surface area contributed by atoms with Gasteiger partial charge in [0.15, 0.2) is 0 Å². The second kappa shape index (κ2) is 7.17. The summed E-state index contributed by atoms with van der Waals surface area (Å²) in [5, 5.41) is 3.94. The Morgan fingerprint density at radius 1 is 1.07 bits per heavy atom. The van der Waals surface area contributed by atoms with Gasteiger partial charge in [0.05, 0.1) is 4.90 Å². The van der Waals surface area contributed by atoms with E-state index in [2.05, 4.69) is 32.8 Å². The molecule has 0 atom stereocenters. The van der Waals surface area contributed by atoms with Crippen molar-refractivity contribution in [1.82, 2.24) is 9.29 Å². The molecule has 0 fully saturated rings. The van der Waals surface area contributed by atoms with Gasteiger partial charge in [-0.15, -0.1) is 0 Å². The maximum Gasteiger partial charge on any atom is 0.240 e. The zero-order valence-corrected chi connectivity index (χ0v) is 15.6. The van der Waals surface area contributed by atoms with Gasteiger partial charge in [0.2, 0.25) is 15.9 Å². The Hall–Kier alpha value is -2.64. The number of anilines is 1. The van der Waals surface area contributed by atoms with Gasteiger partial charge in [0, 0.05) is 36.9 Å². The van der Waals surface area contributed by atoms with Crippen LogP contribution < -0.4 is 10.0 Å². The van der Waals surface area contributed by atoms with Gasteiger partial charge in [-0.3, -0.25) is 4.79 Å². The minimum atomic E-state index is -3.56. The third-order valence-corrected chi connectivity index (χ3v) is 6.29. The third-order valence-electron chi connectivity index (χ3n) is 4.83. The van der Waals surface area contributed by atoms with Crippen LogP contribution in [0.25, 0.3) is 10.9 Å². The lowest BCUT2D eigenvalue weighted by Crippen LogP contribution is -2.26. The molecule has 1 aromatic heterocycles. The number of benzene rings is 2. The molecule has 2 aromatic carbocycles. The first-order valence-electron chi connectivity index (χ1n) is 8.99. The topological polar surface area (TPSA) is 80.2 Å². The molecule has 6 nitrogen and oxygen atoms in total. The third kappa shape index (κ3) is 3.74. The Balaban J connectivity index is 1.38. The normalized spacial score (nSPS) is 14.1. The molecule has 2 heterocycles. The Kier molecular flexibility index (Phi) is 4.72. The highest BCUT2D eigenvalue weighted by Gasteiger charge is 2.19. The smallest absolute Gasteiger partial charge is 0.240 e. The van der Waals surface area contributed by atoms with Crippen LogP contribution in [-0.4, -0.2) is 25.4 Å². The molecule has 4 rings (SSSR count). The fourth-order valence-corrected chi connectivity index (χ4v) is 4.53. The van der Waals surface area contributed by atoms with Gasteiger partial charge in [0.1, 0.15) is 0 Å². The van der Waals surface area contributed by atoms with Crippen LogP contribution in [0, 0.1) is 0 Å². The SMILES string of the molecule is O=C1CCc2cc(S(=O)(=O)NCCCn3ccc4ccccc43)ccc2N1. The second-order valence-electron chi connectivity index (χ2n) is 6.69. The van der Waals surface area contributed by atoms with E-state index in [1.54, 1.807) is 12.1 Å². The fraction of sp³-hybridized carbons (Fsp3) is 0.250. The number of carbonyl (C=O) groups is 1. The number of hydrogen-bond donors (Lipinski definition) is 2. The van der Waals surface area contributed by atoms with Gasteiger partial charge >= 0.3 is 0 Å². The Morgan fingerprint density at radius 3 is 2.81 bits per heavy atom. The van der Waals surface area contributed by atoms with E-state index in [0.29, 0.717) is 31.5 Å². The van der Waals surface area contributed by atoms with Gasteiger partial charge in [0.25, 0.3) is 0 Å². The summed E-state index contributed by atoms with van der Waals surface area (Å²) < 4.78 is 29.9. The highest BCUT2D eigenvalue weighted by molar-refractivity contribution is 7.89. The van der Waals surface area contributed by atoms with E-state index in [1.165, 1.54) is 11.5 Å². The molecule has 0 bridgehead atoms. The van der Waals surface area contributed by atoms with Crippen LogP contribution in [-0.2, 0) is 27.8 Å². The fourth-order valence-electron chi connectivity index (χ4n) is 3.40. The van der Waals surface area contributed by atoms with E-state index >= 15 is 0 Å². The quantitative estimate of drug-likeness (QED) is 0.642. The van der Waals surface area contributed by atoms with Crippen molar-refractivity contribution < 1.29 is 13.2 Å². The van der Waals surface area contributed by atoms with Crippen molar-refractivity contribution in [2.45, 2.75) is 30.7 Å². The number of fused-ring (bicyclic) bond motifs is 2. The van der Waals surface area contributed by atoms with Crippen molar-refractivity contribution in [3.8, 4) is 0 Å². The summed E-state index contributed by atoms with van der Waals surface area (Å²) in [6.45, 7) is 1.11. The number of amides is 1. The summed E-state index contributed by atoms with van der Waals surface area (Å²) in [4.78, 5) is 11.7. The molecule has 140 valence electrons. The summed E-state index contributed by atoms with van der Waals surface area (Å²) in [6.07, 6.45) is 3.66. The summed E-state index contributed by atoms with van der Waals surface area (Å²) in [6, 6.07) is 15.0. The van der Waals surface area contributed by atoms with Crippen molar-refractivity contribution in [3.05, 3.63) is 60.3 Å². The van der Waals surface area contributed by atoms with E-state index in [0.717, 1.165) is 17.6 Å². The molecular weight excluding hydrogens is 362 g/mol. The highest BCUT2D eigenvalue weighted by Crippen LogP contribution is 2.25. The monoisotopic (exact) mass is 383 g/mol. The molecule has 0 radical (unpaired) electrons. The van der Waals surface area contributed by atoms with Crippen molar-refractivity contribution in [1.29, 1.82) is 0 Å². The molecule has 7 heteroatoms. The van der Waals surface area contributed by atoms with Gasteiger partial charge in [-0.25, -0.2) is 13.1 Å². The predicted octanol–water partition coefficient (Wildman–Crippen LogP) is 2.89.